The van der Waals surface area contributed by atoms with Gasteiger partial charge in [-0.05, 0) is 0 Å². The van der Waals surface area contributed by atoms with Gasteiger partial charge in [-0.25, -0.2) is 0 Å². The van der Waals surface area contributed by atoms with E-state index >= 15 is 0 Å². The molecule has 0 aliphatic rings. The molecule has 0 heterocycles. The molecule has 0 aromatic heterocycles. The molecular weight excluding hydrogens is 168 g/mol. The fraction of sp³-hybridized carbons (Fsp3) is 0. The van der Waals surface area contributed by atoms with Crippen LogP contribution in [-0.4, -0.2) is 17.6 Å². The van der Waals surface area contributed by atoms with Crippen LogP contribution in [0.3, 0.4) is 0 Å². The average molecular weight is 168 g/mol. The third kappa shape index (κ3) is 146. The molecule has 0 amide bonds. The molecule has 0 aliphatic heterocycles. The van der Waals surface area contributed by atoms with Crippen LogP contribution >= 0.6 is 7.82 Å². The van der Waals surface area contributed by atoms with E-state index < -0.39 is 7.82 Å². The van der Waals surface area contributed by atoms with Crippen LogP contribution in [0.4, 0.5) is 0 Å². The topological polar surface area (TPSA) is 86.2 Å². The standard InChI is InChI=1S/Ge.H3O4P/c;1-5(2,3)4/h;(H3,1,2,3,4)/q+3;/p-3. The fourth-order valence-corrected chi connectivity index (χ4v) is 0. The molecule has 6 heavy (non-hydrogen) atoms. The first-order valence-electron chi connectivity index (χ1n) is 0.730. The van der Waals surface area contributed by atoms with E-state index in [1.807, 2.05) is 0 Å². The van der Waals surface area contributed by atoms with Crippen LogP contribution in [0.25, 0.3) is 0 Å². The summed E-state index contributed by atoms with van der Waals surface area (Å²) >= 11 is 0. The summed E-state index contributed by atoms with van der Waals surface area (Å²) in [6.45, 7) is 0. The van der Waals surface area contributed by atoms with Gasteiger partial charge in [0.1, 0.15) is 0 Å². The van der Waals surface area contributed by atoms with E-state index in [1.54, 1.807) is 0 Å². The predicted octanol–water partition coefficient (Wildman–Crippen LogP) is -3.21. The zero-order valence-corrected chi connectivity index (χ0v) is 5.57. The van der Waals surface area contributed by atoms with Crippen molar-refractivity contribution in [2.24, 2.45) is 0 Å². The molecule has 0 saturated carbocycles. The van der Waals surface area contributed by atoms with Crippen molar-refractivity contribution in [3.05, 3.63) is 0 Å². The molecule has 6 heteroatoms. The Kier molecular flexibility index (Phi) is 4.53. The molecule has 4 nitrogen and oxygen atoms in total. The maximum absolute atomic E-state index is 8.55. The Bertz CT molecular complexity index is 53.7. The van der Waals surface area contributed by atoms with E-state index in [0.29, 0.717) is 0 Å². The summed E-state index contributed by atoms with van der Waals surface area (Å²) in [5.41, 5.74) is 0. The quantitative estimate of drug-likeness (QED) is 0.281. The summed E-state index contributed by atoms with van der Waals surface area (Å²) in [5, 5.41) is 0. The van der Waals surface area contributed by atoms with Gasteiger partial charge >= 0.3 is 17.6 Å². The molecule has 0 saturated heterocycles. The zero-order chi connectivity index (χ0) is 4.50. The van der Waals surface area contributed by atoms with E-state index in [0.717, 1.165) is 0 Å². The van der Waals surface area contributed by atoms with Gasteiger partial charge in [0, 0.05) is 0 Å². The minimum atomic E-state index is -5.39. The average Bonchev–Trinajstić information content (AvgIpc) is 0.722. The Morgan fingerprint density at radius 2 is 1.17 bits per heavy atom. The molecule has 1 radical (unpaired) electrons. The van der Waals surface area contributed by atoms with Crippen LogP contribution in [0, 0.1) is 0 Å². The SMILES string of the molecule is O=P([O-])([O-])[O-].[Ge+3]. The molecule has 0 rings (SSSR count). The molecular formula is GeO4P. The van der Waals surface area contributed by atoms with Gasteiger partial charge in [-0.15, -0.1) is 0 Å². The van der Waals surface area contributed by atoms with Gasteiger partial charge in [-0.2, -0.15) is 7.82 Å². The van der Waals surface area contributed by atoms with Crippen molar-refractivity contribution in [1.82, 2.24) is 0 Å². The van der Waals surface area contributed by atoms with Crippen molar-refractivity contribution in [1.29, 1.82) is 0 Å². The largest absolute Gasteiger partial charge is 3.00 e. The zero-order valence-electron chi connectivity index (χ0n) is 2.58. The molecule has 0 unspecified atom stereocenters. The maximum Gasteiger partial charge on any atom is 3.00 e. The normalized spacial score (nSPS) is 9.83. The van der Waals surface area contributed by atoms with Gasteiger partial charge < -0.3 is 19.2 Å². The summed E-state index contributed by atoms with van der Waals surface area (Å²) in [6.07, 6.45) is 0. The second-order valence-corrected chi connectivity index (χ2v) is 1.34. The Morgan fingerprint density at radius 3 is 1.17 bits per heavy atom. The summed E-state index contributed by atoms with van der Waals surface area (Å²) in [6, 6.07) is 0. The van der Waals surface area contributed by atoms with Crippen LogP contribution in [0.15, 0.2) is 0 Å². The van der Waals surface area contributed by atoms with Crippen molar-refractivity contribution < 1.29 is 19.2 Å². The Labute approximate surface area is 45.4 Å². The molecule has 0 aromatic carbocycles. The summed E-state index contributed by atoms with van der Waals surface area (Å²) in [4.78, 5) is 25.6. The van der Waals surface area contributed by atoms with Gasteiger partial charge in [-0.3, -0.25) is 0 Å². The molecule has 0 aromatic rings. The van der Waals surface area contributed by atoms with Crippen molar-refractivity contribution in [3.8, 4) is 0 Å². The van der Waals surface area contributed by atoms with E-state index in [1.165, 1.54) is 0 Å². The number of hydrogen-bond acceptors (Lipinski definition) is 4. The number of rotatable bonds is 0. The predicted molar refractivity (Wildman–Crippen MR) is 13.4 cm³/mol. The third-order valence-electron chi connectivity index (χ3n) is 0. The van der Waals surface area contributed by atoms with E-state index in [-0.39, 0.29) is 17.6 Å². The van der Waals surface area contributed by atoms with Crippen molar-refractivity contribution in [2.75, 3.05) is 0 Å². The second-order valence-electron chi connectivity index (χ2n) is 0.447. The van der Waals surface area contributed by atoms with E-state index in [4.69, 9.17) is 19.2 Å². The first-order valence-corrected chi connectivity index (χ1v) is 2.19. The Balaban J connectivity index is 0. The van der Waals surface area contributed by atoms with Crippen LogP contribution in [0.5, 0.6) is 0 Å². The first-order chi connectivity index (χ1) is 2.00. The van der Waals surface area contributed by atoms with Crippen LogP contribution in [-0.2, 0) is 4.57 Å². The molecule has 0 bridgehead atoms. The third-order valence-corrected chi connectivity index (χ3v) is 0. The number of hydrogen-bond donors (Lipinski definition) is 0. The van der Waals surface area contributed by atoms with Crippen LogP contribution in [0.2, 0.25) is 0 Å². The first kappa shape index (κ1) is 9.82. The molecule has 0 N–H and O–H groups in total. The monoisotopic (exact) mass is 169 g/mol. The molecule has 0 atom stereocenters. The minimum absolute atomic E-state index is 0. The molecule has 0 fully saturated rings. The van der Waals surface area contributed by atoms with Gasteiger partial charge in [-0.1, -0.05) is 0 Å². The molecule has 0 aliphatic carbocycles. The van der Waals surface area contributed by atoms with Gasteiger partial charge in [0.15, 0.2) is 0 Å². The van der Waals surface area contributed by atoms with Crippen LogP contribution in [0.1, 0.15) is 0 Å². The maximum atomic E-state index is 8.55. The second kappa shape index (κ2) is 2.76. The smallest absolute Gasteiger partial charge is 0.822 e. The molecule has 33 valence electrons. The summed E-state index contributed by atoms with van der Waals surface area (Å²) in [5.74, 6) is 0. The van der Waals surface area contributed by atoms with Gasteiger partial charge in [0.25, 0.3) is 0 Å². The minimum Gasteiger partial charge on any atom is -0.822 e. The van der Waals surface area contributed by atoms with Gasteiger partial charge in [0.05, 0.1) is 0 Å². The summed E-state index contributed by atoms with van der Waals surface area (Å²) in [7, 11) is -5.39. The van der Waals surface area contributed by atoms with Gasteiger partial charge in [0.2, 0.25) is 0 Å². The van der Waals surface area contributed by atoms with E-state index in [2.05, 4.69) is 0 Å². The Morgan fingerprint density at radius 1 is 1.17 bits per heavy atom. The van der Waals surface area contributed by atoms with E-state index in [9.17, 15) is 0 Å². The van der Waals surface area contributed by atoms with Crippen molar-refractivity contribution >= 4 is 25.4 Å². The fourth-order valence-electron chi connectivity index (χ4n) is 0. The molecule has 0 spiro atoms. The summed E-state index contributed by atoms with van der Waals surface area (Å²) < 4.78 is 8.55. The van der Waals surface area contributed by atoms with Crippen molar-refractivity contribution in [3.63, 3.8) is 0 Å². The van der Waals surface area contributed by atoms with Crippen LogP contribution < -0.4 is 14.7 Å². The van der Waals surface area contributed by atoms with Crippen molar-refractivity contribution in [2.45, 2.75) is 0 Å². The number of phosphoric acid groups is 1. The Hall–Kier alpha value is 0.653.